The molecular weight excluding hydrogens is 274 g/mol. The van der Waals surface area contributed by atoms with Gasteiger partial charge in [0.2, 0.25) is 5.91 Å². The summed E-state index contributed by atoms with van der Waals surface area (Å²) in [6.45, 7) is 3.59. The maximum atomic E-state index is 11.5. The number of benzene rings is 2. The van der Waals surface area contributed by atoms with E-state index in [9.17, 15) is 4.79 Å². The molecule has 0 aliphatic rings. The lowest BCUT2D eigenvalue weighted by atomic mass is 9.99. The van der Waals surface area contributed by atoms with Crippen LogP contribution in [0.1, 0.15) is 36.7 Å². The SMILES string of the molecule is CCC(N)c1ccc(-c2ccc3c(cnn3C(C)=O)c2)cc1. The maximum absolute atomic E-state index is 11.5. The molecule has 112 valence electrons. The van der Waals surface area contributed by atoms with Gasteiger partial charge in [0.1, 0.15) is 0 Å². The van der Waals surface area contributed by atoms with Crippen LogP contribution in [0.4, 0.5) is 0 Å². The minimum atomic E-state index is -0.0827. The monoisotopic (exact) mass is 293 g/mol. The fourth-order valence-corrected chi connectivity index (χ4v) is 2.62. The largest absolute Gasteiger partial charge is 0.324 e. The van der Waals surface area contributed by atoms with Gasteiger partial charge in [-0.05, 0) is 35.2 Å². The Hall–Kier alpha value is -2.46. The maximum Gasteiger partial charge on any atom is 0.244 e. The molecule has 0 bridgehead atoms. The van der Waals surface area contributed by atoms with Crippen molar-refractivity contribution in [1.82, 2.24) is 9.78 Å². The summed E-state index contributed by atoms with van der Waals surface area (Å²) in [7, 11) is 0. The van der Waals surface area contributed by atoms with Crippen molar-refractivity contribution in [1.29, 1.82) is 0 Å². The molecule has 0 fully saturated rings. The van der Waals surface area contributed by atoms with Gasteiger partial charge in [-0.15, -0.1) is 0 Å². The molecule has 1 unspecified atom stereocenters. The van der Waals surface area contributed by atoms with Gasteiger partial charge in [0.25, 0.3) is 0 Å². The predicted molar refractivity (Wildman–Crippen MR) is 88.7 cm³/mol. The minimum absolute atomic E-state index is 0.0827. The molecule has 0 spiro atoms. The van der Waals surface area contributed by atoms with Crippen molar-refractivity contribution in [2.24, 2.45) is 5.73 Å². The van der Waals surface area contributed by atoms with Crippen molar-refractivity contribution in [3.63, 3.8) is 0 Å². The number of rotatable bonds is 3. The lowest BCUT2D eigenvalue weighted by Gasteiger charge is -2.10. The standard InChI is InChI=1S/C18H19N3O/c1-3-17(19)14-6-4-13(5-7-14)15-8-9-18-16(10-15)11-20-21(18)12(2)22/h4-11,17H,3,19H2,1-2H3. The lowest BCUT2D eigenvalue weighted by molar-refractivity contribution is 0.0927. The van der Waals surface area contributed by atoms with Gasteiger partial charge < -0.3 is 5.73 Å². The zero-order valence-electron chi connectivity index (χ0n) is 12.8. The average Bonchev–Trinajstić information content (AvgIpc) is 2.97. The van der Waals surface area contributed by atoms with Crippen LogP contribution < -0.4 is 5.73 Å². The normalized spacial score (nSPS) is 12.5. The third kappa shape index (κ3) is 2.53. The van der Waals surface area contributed by atoms with Crippen LogP contribution in [0.25, 0.3) is 22.0 Å². The first-order valence-corrected chi connectivity index (χ1v) is 7.44. The number of fused-ring (bicyclic) bond motifs is 1. The molecular formula is C18H19N3O. The Bertz CT molecular complexity index is 818. The van der Waals surface area contributed by atoms with Gasteiger partial charge in [-0.25, -0.2) is 4.68 Å². The van der Waals surface area contributed by atoms with Gasteiger partial charge in [-0.3, -0.25) is 4.79 Å². The molecule has 2 aromatic carbocycles. The van der Waals surface area contributed by atoms with Crippen LogP contribution >= 0.6 is 0 Å². The lowest BCUT2D eigenvalue weighted by Crippen LogP contribution is -2.08. The number of carbonyl (C=O) groups is 1. The Morgan fingerprint density at radius 3 is 2.50 bits per heavy atom. The van der Waals surface area contributed by atoms with Crippen LogP contribution in [-0.4, -0.2) is 15.7 Å². The molecule has 1 atom stereocenters. The second-order valence-corrected chi connectivity index (χ2v) is 5.49. The summed E-state index contributed by atoms with van der Waals surface area (Å²) in [5, 5.41) is 5.09. The highest BCUT2D eigenvalue weighted by atomic mass is 16.2. The molecule has 0 saturated heterocycles. The molecule has 2 N–H and O–H groups in total. The van der Waals surface area contributed by atoms with Crippen LogP contribution in [0.2, 0.25) is 0 Å². The number of nitrogens with zero attached hydrogens (tertiary/aromatic N) is 2. The Kier molecular flexibility index (Phi) is 3.77. The summed E-state index contributed by atoms with van der Waals surface area (Å²) in [5.74, 6) is -0.0827. The summed E-state index contributed by atoms with van der Waals surface area (Å²) in [6, 6.07) is 14.4. The average molecular weight is 293 g/mol. The van der Waals surface area contributed by atoms with Crippen LogP contribution in [0.5, 0.6) is 0 Å². The molecule has 0 saturated carbocycles. The summed E-state index contributed by atoms with van der Waals surface area (Å²) >= 11 is 0. The summed E-state index contributed by atoms with van der Waals surface area (Å²) in [5.41, 5.74) is 10.3. The molecule has 1 heterocycles. The predicted octanol–water partition coefficient (Wildman–Crippen LogP) is 3.77. The van der Waals surface area contributed by atoms with Crippen LogP contribution in [0.15, 0.2) is 48.7 Å². The fraction of sp³-hybridized carbons (Fsp3) is 0.222. The second-order valence-electron chi connectivity index (χ2n) is 5.49. The van der Waals surface area contributed by atoms with Gasteiger partial charge in [-0.1, -0.05) is 37.3 Å². The van der Waals surface area contributed by atoms with E-state index in [1.54, 1.807) is 6.20 Å². The molecule has 0 aliphatic heterocycles. The highest BCUT2D eigenvalue weighted by Gasteiger charge is 2.08. The molecule has 4 nitrogen and oxygen atoms in total. The van der Waals surface area contributed by atoms with Crippen molar-refractivity contribution in [2.45, 2.75) is 26.3 Å². The molecule has 22 heavy (non-hydrogen) atoms. The van der Waals surface area contributed by atoms with E-state index in [1.165, 1.54) is 11.6 Å². The first kappa shape index (κ1) is 14.5. The van der Waals surface area contributed by atoms with Crippen LogP contribution in [0, 0.1) is 0 Å². The van der Waals surface area contributed by atoms with E-state index < -0.39 is 0 Å². The van der Waals surface area contributed by atoms with Crippen molar-refractivity contribution in [2.75, 3.05) is 0 Å². The highest BCUT2D eigenvalue weighted by Crippen LogP contribution is 2.26. The zero-order valence-corrected chi connectivity index (χ0v) is 12.8. The molecule has 1 aromatic heterocycles. The Balaban J connectivity index is 1.98. The Labute approximate surface area is 129 Å². The molecule has 0 aliphatic carbocycles. The van der Waals surface area contributed by atoms with E-state index in [2.05, 4.69) is 42.4 Å². The third-order valence-corrected chi connectivity index (χ3v) is 3.98. The van der Waals surface area contributed by atoms with E-state index >= 15 is 0 Å². The number of nitrogens with two attached hydrogens (primary N) is 1. The van der Waals surface area contributed by atoms with E-state index in [0.717, 1.165) is 34.0 Å². The second kappa shape index (κ2) is 5.73. The fourth-order valence-electron chi connectivity index (χ4n) is 2.62. The van der Waals surface area contributed by atoms with Gasteiger partial charge in [0.15, 0.2) is 0 Å². The van der Waals surface area contributed by atoms with Gasteiger partial charge >= 0.3 is 0 Å². The molecule has 3 aromatic rings. The number of hydrogen-bond acceptors (Lipinski definition) is 3. The zero-order chi connectivity index (χ0) is 15.7. The molecule has 0 radical (unpaired) electrons. The first-order valence-electron chi connectivity index (χ1n) is 7.44. The number of carbonyl (C=O) groups excluding carboxylic acids is 1. The van der Waals surface area contributed by atoms with Crippen LogP contribution in [-0.2, 0) is 0 Å². The van der Waals surface area contributed by atoms with Crippen molar-refractivity contribution in [3.05, 3.63) is 54.2 Å². The smallest absolute Gasteiger partial charge is 0.244 e. The van der Waals surface area contributed by atoms with Crippen molar-refractivity contribution >= 4 is 16.8 Å². The Morgan fingerprint density at radius 1 is 1.18 bits per heavy atom. The topological polar surface area (TPSA) is 60.9 Å². The quantitative estimate of drug-likeness (QED) is 0.799. The summed E-state index contributed by atoms with van der Waals surface area (Å²) < 4.78 is 1.42. The van der Waals surface area contributed by atoms with Gasteiger partial charge in [0, 0.05) is 18.4 Å². The highest BCUT2D eigenvalue weighted by molar-refractivity contribution is 5.92. The minimum Gasteiger partial charge on any atom is -0.324 e. The third-order valence-electron chi connectivity index (χ3n) is 3.98. The van der Waals surface area contributed by atoms with E-state index in [4.69, 9.17) is 5.73 Å². The number of aromatic nitrogens is 2. The molecule has 4 heteroatoms. The Morgan fingerprint density at radius 2 is 1.86 bits per heavy atom. The van der Waals surface area contributed by atoms with E-state index in [-0.39, 0.29) is 11.9 Å². The number of hydrogen-bond donors (Lipinski definition) is 1. The van der Waals surface area contributed by atoms with Gasteiger partial charge in [-0.2, -0.15) is 5.10 Å². The van der Waals surface area contributed by atoms with E-state index in [0.29, 0.717) is 0 Å². The van der Waals surface area contributed by atoms with Gasteiger partial charge in [0.05, 0.1) is 11.7 Å². The molecule has 0 amide bonds. The molecule has 3 rings (SSSR count). The van der Waals surface area contributed by atoms with E-state index in [1.807, 2.05) is 12.1 Å². The van der Waals surface area contributed by atoms with Crippen molar-refractivity contribution in [3.8, 4) is 11.1 Å². The van der Waals surface area contributed by atoms with Crippen molar-refractivity contribution < 1.29 is 4.79 Å². The summed E-state index contributed by atoms with van der Waals surface area (Å²) in [4.78, 5) is 11.5. The van der Waals surface area contributed by atoms with Crippen LogP contribution in [0.3, 0.4) is 0 Å². The first-order chi connectivity index (χ1) is 10.6. The summed E-state index contributed by atoms with van der Waals surface area (Å²) in [6.07, 6.45) is 2.65.